The molecule has 4 aliphatic heterocycles. The van der Waals surface area contributed by atoms with Crippen LogP contribution in [0.5, 0.6) is 0 Å². The summed E-state index contributed by atoms with van der Waals surface area (Å²) in [6, 6.07) is 12.1. The van der Waals surface area contributed by atoms with Crippen molar-refractivity contribution in [2.24, 2.45) is 5.41 Å². The molecule has 8 nitrogen and oxygen atoms in total. The molecule has 3 saturated heterocycles. The van der Waals surface area contributed by atoms with E-state index in [9.17, 15) is 14.4 Å². The summed E-state index contributed by atoms with van der Waals surface area (Å²) in [6.07, 6.45) is 4.07. The Labute approximate surface area is 292 Å². The second-order valence-corrected chi connectivity index (χ2v) is 15.8. The van der Waals surface area contributed by atoms with Crippen LogP contribution in [-0.4, -0.2) is 101 Å². The van der Waals surface area contributed by atoms with Crippen LogP contribution in [0.2, 0.25) is 5.02 Å². The summed E-state index contributed by atoms with van der Waals surface area (Å²) in [6.45, 7) is 9.09. The molecular formula is C38H46ClF2N5O3. The third kappa shape index (κ3) is 7.20. The van der Waals surface area contributed by atoms with Crippen molar-refractivity contribution in [2.45, 2.75) is 83.5 Å². The van der Waals surface area contributed by atoms with Gasteiger partial charge in [0.25, 0.3) is 11.8 Å². The molecule has 2 unspecified atom stereocenters. The first kappa shape index (κ1) is 34.3. The summed E-state index contributed by atoms with van der Waals surface area (Å²) in [5.74, 6) is -3.91. The number of hydrogen-bond donors (Lipinski definition) is 1. The minimum absolute atomic E-state index is 0.185. The van der Waals surface area contributed by atoms with E-state index in [-0.39, 0.29) is 43.2 Å². The van der Waals surface area contributed by atoms with Crippen LogP contribution in [-0.2, 0) is 22.7 Å². The van der Waals surface area contributed by atoms with Gasteiger partial charge in [-0.1, -0.05) is 55.3 Å². The van der Waals surface area contributed by atoms with E-state index in [4.69, 9.17) is 11.6 Å². The largest absolute Gasteiger partial charge is 0.322 e. The monoisotopic (exact) mass is 693 g/mol. The van der Waals surface area contributed by atoms with Crippen molar-refractivity contribution in [3.63, 3.8) is 0 Å². The molecule has 7 rings (SSSR count). The van der Waals surface area contributed by atoms with E-state index in [2.05, 4.69) is 36.2 Å². The van der Waals surface area contributed by atoms with Crippen LogP contribution in [0.15, 0.2) is 48.0 Å². The van der Waals surface area contributed by atoms with E-state index in [1.807, 2.05) is 23.1 Å². The van der Waals surface area contributed by atoms with E-state index in [0.29, 0.717) is 38.2 Å². The normalized spacial score (nSPS) is 26.6. The number of carbonyl (C=O) groups is 3. The molecule has 2 aromatic rings. The Bertz CT molecular complexity index is 1650. The lowest BCUT2D eigenvalue weighted by Gasteiger charge is -2.46. The van der Waals surface area contributed by atoms with Crippen molar-refractivity contribution < 1.29 is 23.2 Å². The van der Waals surface area contributed by atoms with Crippen LogP contribution in [0, 0.1) is 5.41 Å². The molecule has 1 N–H and O–H groups in total. The van der Waals surface area contributed by atoms with Crippen LogP contribution >= 0.6 is 11.6 Å². The number of benzene rings is 2. The van der Waals surface area contributed by atoms with Gasteiger partial charge in [0.1, 0.15) is 6.04 Å². The maximum absolute atomic E-state index is 15.9. The zero-order valence-electron chi connectivity index (χ0n) is 28.5. The molecule has 0 aromatic heterocycles. The molecule has 0 spiro atoms. The van der Waals surface area contributed by atoms with Gasteiger partial charge in [-0.3, -0.25) is 34.4 Å². The molecule has 0 radical (unpaired) electrons. The van der Waals surface area contributed by atoms with Crippen LogP contribution in [0.3, 0.4) is 0 Å². The number of carbonyl (C=O) groups excluding carboxylic acids is 3. The van der Waals surface area contributed by atoms with Gasteiger partial charge in [0.15, 0.2) is 0 Å². The fraction of sp³-hybridized carbons (Fsp3) is 0.553. The number of nitrogens with zero attached hydrogens (tertiary/aromatic N) is 4. The molecule has 49 heavy (non-hydrogen) atoms. The molecule has 3 fully saturated rings. The molecule has 2 atom stereocenters. The number of piperidine rings is 2. The van der Waals surface area contributed by atoms with E-state index in [0.717, 1.165) is 55.0 Å². The quantitative estimate of drug-likeness (QED) is 0.381. The first-order valence-corrected chi connectivity index (χ1v) is 18.0. The molecule has 1 aliphatic carbocycles. The van der Waals surface area contributed by atoms with Crippen molar-refractivity contribution in [1.29, 1.82) is 0 Å². The summed E-state index contributed by atoms with van der Waals surface area (Å²) < 4.78 is 31.8. The van der Waals surface area contributed by atoms with Gasteiger partial charge in [0.05, 0.1) is 12.6 Å². The average molecular weight is 694 g/mol. The van der Waals surface area contributed by atoms with Crippen molar-refractivity contribution in [3.05, 3.63) is 75.3 Å². The number of nitrogens with one attached hydrogen (secondary N) is 1. The summed E-state index contributed by atoms with van der Waals surface area (Å²) in [4.78, 5) is 45.1. The highest BCUT2D eigenvalue weighted by atomic mass is 35.5. The van der Waals surface area contributed by atoms with Crippen LogP contribution in [0.25, 0.3) is 5.57 Å². The second kappa shape index (κ2) is 13.5. The molecule has 0 saturated carbocycles. The third-order valence-corrected chi connectivity index (χ3v) is 11.6. The first-order chi connectivity index (χ1) is 23.4. The Morgan fingerprint density at radius 1 is 0.898 bits per heavy atom. The zero-order valence-corrected chi connectivity index (χ0v) is 29.2. The lowest BCUT2D eigenvalue weighted by Crippen LogP contribution is -2.61. The SMILES string of the molecule is CC1(C)CCC(CN2CCN(C3CCN(Cc4cccc5c4CN(C4CCC(=O)NC4=O)C5=O)CC3(F)F)CC2)=C(c2ccc(Cl)cc2)C1. The lowest BCUT2D eigenvalue weighted by molar-refractivity contribution is -0.137. The topological polar surface area (TPSA) is 76.2 Å². The summed E-state index contributed by atoms with van der Waals surface area (Å²) in [5, 5.41) is 3.07. The highest BCUT2D eigenvalue weighted by molar-refractivity contribution is 6.30. The Morgan fingerprint density at radius 2 is 1.65 bits per heavy atom. The predicted molar refractivity (Wildman–Crippen MR) is 185 cm³/mol. The Kier molecular flexibility index (Phi) is 9.45. The fourth-order valence-electron chi connectivity index (χ4n) is 8.59. The van der Waals surface area contributed by atoms with Gasteiger partial charge in [-0.05, 0) is 78.0 Å². The summed E-state index contributed by atoms with van der Waals surface area (Å²) in [5.41, 5.74) is 6.47. The van der Waals surface area contributed by atoms with Gasteiger partial charge in [-0.15, -0.1) is 0 Å². The molecular weight excluding hydrogens is 648 g/mol. The molecule has 0 bridgehead atoms. The number of hydrogen-bond acceptors (Lipinski definition) is 6. The molecule has 262 valence electrons. The van der Waals surface area contributed by atoms with Crippen LogP contribution < -0.4 is 5.32 Å². The average Bonchev–Trinajstić information content (AvgIpc) is 3.39. The van der Waals surface area contributed by atoms with Gasteiger partial charge in [0.2, 0.25) is 11.8 Å². The predicted octanol–water partition coefficient (Wildman–Crippen LogP) is 5.59. The summed E-state index contributed by atoms with van der Waals surface area (Å²) >= 11 is 6.19. The number of allylic oxidation sites excluding steroid dienone is 1. The van der Waals surface area contributed by atoms with Gasteiger partial charge in [0, 0.05) is 69.4 Å². The third-order valence-electron chi connectivity index (χ3n) is 11.4. The number of piperazine rings is 1. The minimum Gasteiger partial charge on any atom is -0.322 e. The van der Waals surface area contributed by atoms with Crippen LogP contribution in [0.4, 0.5) is 8.78 Å². The maximum Gasteiger partial charge on any atom is 0.275 e. The standard InChI is InChI=1S/C38H46ClF2N5O3/c1-37(2)14-12-27(30(20-37)25-6-8-28(39)9-7-25)21-43-16-18-45(19-17-43)33-13-15-44(24-38(33,40)41)22-26-4-3-5-29-31(26)23-46(36(29)49)32-10-11-34(47)42-35(32)48/h3-9,32-33H,10-24H2,1-2H3,(H,42,47,48). The molecule has 5 aliphatic rings. The van der Waals surface area contributed by atoms with E-state index in [1.165, 1.54) is 21.6 Å². The molecule has 11 heteroatoms. The summed E-state index contributed by atoms with van der Waals surface area (Å²) in [7, 11) is 0. The minimum atomic E-state index is -2.87. The number of amides is 3. The second-order valence-electron chi connectivity index (χ2n) is 15.4. The maximum atomic E-state index is 15.9. The number of imide groups is 1. The molecule has 4 heterocycles. The van der Waals surface area contributed by atoms with Gasteiger partial charge in [-0.25, -0.2) is 8.78 Å². The number of likely N-dealkylation sites (tertiary alicyclic amines) is 1. The van der Waals surface area contributed by atoms with Crippen molar-refractivity contribution in [2.75, 3.05) is 45.8 Å². The fourth-order valence-corrected chi connectivity index (χ4v) is 8.71. The van der Waals surface area contributed by atoms with Gasteiger partial charge < -0.3 is 4.90 Å². The van der Waals surface area contributed by atoms with E-state index in [1.54, 1.807) is 17.0 Å². The lowest BCUT2D eigenvalue weighted by atomic mass is 9.72. The van der Waals surface area contributed by atoms with Gasteiger partial charge in [-0.2, -0.15) is 0 Å². The van der Waals surface area contributed by atoms with Crippen LogP contribution in [0.1, 0.15) is 79.4 Å². The Morgan fingerprint density at radius 3 is 2.37 bits per heavy atom. The van der Waals surface area contributed by atoms with Crippen molar-refractivity contribution >= 4 is 34.9 Å². The molecule has 2 aromatic carbocycles. The van der Waals surface area contributed by atoms with Gasteiger partial charge >= 0.3 is 0 Å². The Hall–Kier alpha value is -3.18. The van der Waals surface area contributed by atoms with E-state index >= 15 is 8.78 Å². The highest BCUT2D eigenvalue weighted by Crippen LogP contribution is 2.43. The zero-order chi connectivity index (χ0) is 34.5. The molecule has 3 amide bonds. The van der Waals surface area contributed by atoms with Crippen molar-refractivity contribution in [3.8, 4) is 0 Å². The number of fused-ring (bicyclic) bond motifs is 1. The number of rotatable bonds is 7. The number of halogens is 3. The smallest absolute Gasteiger partial charge is 0.275 e. The Balaban J connectivity index is 0.960. The number of alkyl halides is 2. The van der Waals surface area contributed by atoms with Crippen molar-refractivity contribution in [1.82, 2.24) is 24.9 Å². The first-order valence-electron chi connectivity index (χ1n) is 17.7. The van der Waals surface area contributed by atoms with E-state index < -0.39 is 23.9 Å². The highest BCUT2D eigenvalue weighted by Gasteiger charge is 2.48.